The summed E-state index contributed by atoms with van der Waals surface area (Å²) in [5, 5.41) is 0. The topological polar surface area (TPSA) is 43.8 Å². The van der Waals surface area contributed by atoms with Gasteiger partial charge in [-0.2, -0.15) is 13.2 Å². The largest absolute Gasteiger partial charge is 0.416 e. The molecule has 0 aliphatic heterocycles. The Morgan fingerprint density at radius 1 is 1.20 bits per heavy atom. The Morgan fingerprint density at radius 3 is 2.52 bits per heavy atom. The number of imidazole rings is 1. The molecule has 1 unspecified atom stereocenters. The number of hydrogen-bond acceptors (Lipinski definition) is 2. The molecule has 3 aromatic rings. The van der Waals surface area contributed by atoms with Gasteiger partial charge in [0.2, 0.25) is 0 Å². The Labute approximate surface area is 143 Å². The summed E-state index contributed by atoms with van der Waals surface area (Å²) in [5.74, 6) is 0.638. The predicted octanol–water partition coefficient (Wildman–Crippen LogP) is 4.90. The van der Waals surface area contributed by atoms with E-state index < -0.39 is 17.8 Å². The molecule has 0 bridgehead atoms. The predicted molar refractivity (Wildman–Crippen MR) is 92.9 cm³/mol. The minimum absolute atomic E-state index is 0.213. The molecule has 0 fully saturated rings. The van der Waals surface area contributed by atoms with E-state index in [1.807, 2.05) is 10.6 Å². The highest BCUT2D eigenvalue weighted by Gasteiger charge is 2.34. The number of halogens is 3. The summed E-state index contributed by atoms with van der Waals surface area (Å²) in [7, 11) is 0. The van der Waals surface area contributed by atoms with Crippen LogP contribution in [0, 0.1) is 6.92 Å². The maximum Gasteiger partial charge on any atom is 0.416 e. The molecule has 6 heteroatoms. The van der Waals surface area contributed by atoms with Gasteiger partial charge in [0.05, 0.1) is 22.6 Å². The number of nitrogens with two attached hydrogens (primary N) is 1. The Bertz CT molecular complexity index is 954. The molecule has 3 nitrogen and oxygen atoms in total. The van der Waals surface area contributed by atoms with E-state index in [-0.39, 0.29) is 5.56 Å². The second-order valence-corrected chi connectivity index (χ2v) is 6.02. The highest BCUT2D eigenvalue weighted by atomic mass is 19.4. The van der Waals surface area contributed by atoms with Crippen LogP contribution >= 0.6 is 0 Å². The van der Waals surface area contributed by atoms with Gasteiger partial charge in [-0.25, -0.2) is 4.98 Å². The minimum atomic E-state index is -4.40. The zero-order valence-corrected chi connectivity index (χ0v) is 13.9. The Hall–Kier alpha value is -2.76. The molecule has 0 spiro atoms. The molecule has 0 saturated heterocycles. The van der Waals surface area contributed by atoms with Gasteiger partial charge in [0.25, 0.3) is 0 Å². The average molecular weight is 345 g/mol. The molecule has 1 heterocycles. The second-order valence-electron chi connectivity index (χ2n) is 6.02. The lowest BCUT2D eigenvalue weighted by Crippen LogP contribution is -2.15. The number of nitrogens with zero attached hydrogens (tertiary/aromatic N) is 2. The molecule has 1 aromatic heterocycles. The van der Waals surface area contributed by atoms with E-state index >= 15 is 0 Å². The van der Waals surface area contributed by atoms with E-state index in [1.54, 1.807) is 32.0 Å². The van der Waals surface area contributed by atoms with Gasteiger partial charge in [0, 0.05) is 5.70 Å². The fraction of sp³-hybridized carbons (Fsp3) is 0.211. The molecule has 0 aliphatic rings. The van der Waals surface area contributed by atoms with Gasteiger partial charge in [-0.3, -0.25) is 0 Å². The highest BCUT2D eigenvalue weighted by Crippen LogP contribution is 2.37. The van der Waals surface area contributed by atoms with Gasteiger partial charge >= 0.3 is 6.18 Å². The number of aryl methyl sites for hydroxylation is 1. The fourth-order valence-corrected chi connectivity index (χ4v) is 3.17. The van der Waals surface area contributed by atoms with Gasteiger partial charge in [0.1, 0.15) is 5.82 Å². The minimum Gasteiger partial charge on any atom is -0.399 e. The van der Waals surface area contributed by atoms with Crippen LogP contribution in [-0.2, 0) is 6.18 Å². The SMILES string of the molecule is C=C(N)c1ccc2c(c1)nc(C)n2C(C)c1ccccc1C(F)(F)F. The molecular formula is C19H18F3N3. The molecule has 3 rings (SSSR count). The quantitative estimate of drug-likeness (QED) is 0.733. The van der Waals surface area contributed by atoms with Crippen LogP contribution in [0.2, 0.25) is 0 Å². The van der Waals surface area contributed by atoms with Crippen molar-refractivity contribution in [2.45, 2.75) is 26.1 Å². The Balaban J connectivity index is 2.17. The van der Waals surface area contributed by atoms with E-state index in [1.165, 1.54) is 12.1 Å². The van der Waals surface area contributed by atoms with Gasteiger partial charge in [0.15, 0.2) is 0 Å². The molecular weight excluding hydrogens is 327 g/mol. The van der Waals surface area contributed by atoms with Crippen molar-refractivity contribution in [1.29, 1.82) is 0 Å². The fourth-order valence-electron chi connectivity index (χ4n) is 3.17. The zero-order valence-electron chi connectivity index (χ0n) is 13.9. The maximum atomic E-state index is 13.4. The zero-order chi connectivity index (χ0) is 18.4. The normalized spacial score (nSPS) is 13.2. The van der Waals surface area contributed by atoms with Crippen LogP contribution in [0.1, 0.15) is 35.5 Å². The van der Waals surface area contributed by atoms with Crippen LogP contribution in [0.3, 0.4) is 0 Å². The van der Waals surface area contributed by atoms with Crippen molar-refractivity contribution in [1.82, 2.24) is 9.55 Å². The molecule has 0 aliphatic carbocycles. The van der Waals surface area contributed by atoms with E-state index in [9.17, 15) is 13.2 Å². The number of aromatic nitrogens is 2. The van der Waals surface area contributed by atoms with Crippen molar-refractivity contribution in [3.63, 3.8) is 0 Å². The molecule has 0 radical (unpaired) electrons. The lowest BCUT2D eigenvalue weighted by molar-refractivity contribution is -0.138. The third-order valence-electron chi connectivity index (χ3n) is 4.34. The average Bonchev–Trinajstić information content (AvgIpc) is 2.88. The van der Waals surface area contributed by atoms with E-state index in [4.69, 9.17) is 5.73 Å². The standard InChI is InChI=1S/C19H18F3N3/c1-11(23)14-8-9-18-17(10-14)24-13(3)25(18)12(2)15-6-4-5-7-16(15)19(20,21)22/h4-10,12H,1,23H2,2-3H3. The number of benzene rings is 2. The highest BCUT2D eigenvalue weighted by molar-refractivity contribution is 5.81. The molecule has 25 heavy (non-hydrogen) atoms. The Kier molecular flexibility index (Phi) is 4.06. The number of alkyl halides is 3. The van der Waals surface area contributed by atoms with Gasteiger partial charge < -0.3 is 10.3 Å². The first-order valence-electron chi connectivity index (χ1n) is 7.79. The summed E-state index contributed by atoms with van der Waals surface area (Å²) in [4.78, 5) is 4.48. The van der Waals surface area contributed by atoms with Gasteiger partial charge in [-0.05, 0) is 43.2 Å². The van der Waals surface area contributed by atoms with Crippen molar-refractivity contribution >= 4 is 16.7 Å². The van der Waals surface area contributed by atoms with Crippen LogP contribution < -0.4 is 5.73 Å². The van der Waals surface area contributed by atoms with Crippen LogP contribution in [0.25, 0.3) is 16.7 Å². The molecule has 0 saturated carbocycles. The first-order valence-corrected chi connectivity index (χ1v) is 7.79. The van der Waals surface area contributed by atoms with Crippen molar-refractivity contribution in [3.05, 3.63) is 71.6 Å². The summed E-state index contributed by atoms with van der Waals surface area (Å²) in [5.41, 5.74) is 7.90. The Morgan fingerprint density at radius 2 is 1.88 bits per heavy atom. The molecule has 0 amide bonds. The summed E-state index contributed by atoms with van der Waals surface area (Å²) < 4.78 is 41.9. The lowest BCUT2D eigenvalue weighted by Gasteiger charge is -2.21. The van der Waals surface area contributed by atoms with Crippen LogP contribution in [0.15, 0.2) is 49.0 Å². The van der Waals surface area contributed by atoms with Gasteiger partial charge in [-0.1, -0.05) is 30.8 Å². The summed E-state index contributed by atoms with van der Waals surface area (Å²) in [6.45, 7) is 7.23. The maximum absolute atomic E-state index is 13.4. The molecule has 130 valence electrons. The number of fused-ring (bicyclic) bond motifs is 1. The summed E-state index contributed by atoms with van der Waals surface area (Å²) in [6, 6.07) is 10.5. The second kappa shape index (κ2) is 5.95. The van der Waals surface area contributed by atoms with E-state index in [2.05, 4.69) is 11.6 Å². The first kappa shape index (κ1) is 17.1. The third kappa shape index (κ3) is 2.99. The summed E-state index contributed by atoms with van der Waals surface area (Å²) >= 11 is 0. The molecule has 2 aromatic carbocycles. The van der Waals surface area contributed by atoms with Gasteiger partial charge in [-0.15, -0.1) is 0 Å². The van der Waals surface area contributed by atoms with Crippen LogP contribution in [0.5, 0.6) is 0 Å². The molecule has 2 N–H and O–H groups in total. The van der Waals surface area contributed by atoms with Crippen LogP contribution in [0.4, 0.5) is 13.2 Å². The van der Waals surface area contributed by atoms with Crippen molar-refractivity contribution < 1.29 is 13.2 Å². The first-order chi connectivity index (χ1) is 11.7. The third-order valence-corrected chi connectivity index (χ3v) is 4.34. The van der Waals surface area contributed by atoms with Crippen LogP contribution in [-0.4, -0.2) is 9.55 Å². The smallest absolute Gasteiger partial charge is 0.399 e. The summed E-state index contributed by atoms with van der Waals surface area (Å²) in [6.07, 6.45) is -4.40. The molecule has 1 atom stereocenters. The van der Waals surface area contributed by atoms with Crippen molar-refractivity contribution in [2.24, 2.45) is 5.73 Å². The van der Waals surface area contributed by atoms with E-state index in [0.717, 1.165) is 17.1 Å². The van der Waals surface area contributed by atoms with Crippen molar-refractivity contribution in [2.75, 3.05) is 0 Å². The number of hydrogen-bond donors (Lipinski definition) is 1. The number of rotatable bonds is 3. The van der Waals surface area contributed by atoms with E-state index in [0.29, 0.717) is 17.0 Å². The monoisotopic (exact) mass is 345 g/mol. The van der Waals surface area contributed by atoms with Crippen molar-refractivity contribution in [3.8, 4) is 0 Å². The lowest BCUT2D eigenvalue weighted by atomic mass is 10.0.